The van der Waals surface area contributed by atoms with Crippen LogP contribution in [0.2, 0.25) is 5.02 Å². The van der Waals surface area contributed by atoms with E-state index in [9.17, 15) is 14.3 Å². The number of benzene rings is 1. The van der Waals surface area contributed by atoms with Gasteiger partial charge in [0, 0.05) is 12.0 Å². The van der Waals surface area contributed by atoms with Gasteiger partial charge in [-0.25, -0.2) is 4.39 Å². The number of rotatable bonds is 6. The van der Waals surface area contributed by atoms with Crippen LogP contribution in [0, 0.1) is 0 Å². The average molecular weight is 346 g/mol. The zero-order chi connectivity index (χ0) is 17.0. The molecule has 0 radical (unpaired) electrons. The molecule has 2 rings (SSSR count). The molecule has 2 atom stereocenters. The van der Waals surface area contributed by atoms with Crippen molar-refractivity contribution in [2.75, 3.05) is 26.9 Å². The molecule has 1 aliphatic rings. The minimum atomic E-state index is -1.12. The first-order valence-corrected chi connectivity index (χ1v) is 7.95. The minimum absolute atomic E-state index is 0.0297. The number of nitrogens with zero attached hydrogens (tertiary/aromatic N) is 1. The SMILES string of the molecule is CCCOc1c(Cl)cc(C(=O)N2C[C@@H](F)C[C@H]2CO)cc1OC. The van der Waals surface area contributed by atoms with Crippen molar-refractivity contribution < 1.29 is 23.8 Å². The Morgan fingerprint density at radius 3 is 2.87 bits per heavy atom. The molecule has 7 heteroatoms. The predicted octanol–water partition coefficient (Wildman–Crippen LogP) is 2.68. The maximum atomic E-state index is 13.5. The lowest BCUT2D eigenvalue weighted by molar-refractivity contribution is 0.0672. The van der Waals surface area contributed by atoms with Gasteiger partial charge in [0.05, 0.1) is 37.9 Å². The second-order valence-corrected chi connectivity index (χ2v) is 5.87. The summed E-state index contributed by atoms with van der Waals surface area (Å²) in [5.74, 6) is 0.355. The van der Waals surface area contributed by atoms with E-state index in [2.05, 4.69) is 0 Å². The summed E-state index contributed by atoms with van der Waals surface area (Å²) >= 11 is 6.20. The molecule has 1 fully saturated rings. The van der Waals surface area contributed by atoms with E-state index in [1.54, 1.807) is 0 Å². The van der Waals surface area contributed by atoms with Crippen LogP contribution >= 0.6 is 11.6 Å². The van der Waals surface area contributed by atoms with Gasteiger partial charge in [0.25, 0.3) is 5.91 Å². The molecule has 1 heterocycles. The van der Waals surface area contributed by atoms with Crippen LogP contribution in [0.1, 0.15) is 30.1 Å². The standard InChI is InChI=1S/C16H21ClFNO4/c1-3-4-23-15-13(17)5-10(6-14(15)22-2)16(21)19-8-11(18)7-12(19)9-20/h5-6,11-12,20H,3-4,7-9H2,1-2H3/t11-,12-/m0/s1. The van der Waals surface area contributed by atoms with Crippen LogP contribution in [0.4, 0.5) is 4.39 Å². The highest BCUT2D eigenvalue weighted by Gasteiger charge is 2.35. The van der Waals surface area contributed by atoms with Gasteiger partial charge < -0.3 is 19.5 Å². The number of hydrogen-bond acceptors (Lipinski definition) is 4. The molecule has 0 spiro atoms. The van der Waals surface area contributed by atoms with E-state index in [0.717, 1.165) is 6.42 Å². The first-order chi connectivity index (χ1) is 11.0. The van der Waals surface area contributed by atoms with Crippen molar-refractivity contribution in [1.29, 1.82) is 0 Å². The molecule has 1 saturated heterocycles. The van der Waals surface area contributed by atoms with Crippen molar-refractivity contribution in [2.45, 2.75) is 32.0 Å². The second kappa shape index (κ2) is 7.84. The molecule has 0 saturated carbocycles. The zero-order valence-electron chi connectivity index (χ0n) is 13.2. The first kappa shape index (κ1) is 17.8. The summed E-state index contributed by atoms with van der Waals surface area (Å²) < 4.78 is 24.3. The number of methoxy groups -OCH3 is 1. The molecule has 0 aliphatic carbocycles. The molecular formula is C16H21ClFNO4. The van der Waals surface area contributed by atoms with Gasteiger partial charge in [-0.1, -0.05) is 18.5 Å². The van der Waals surface area contributed by atoms with Gasteiger partial charge in [-0.3, -0.25) is 4.79 Å². The topological polar surface area (TPSA) is 59.0 Å². The Labute approximate surface area is 139 Å². The molecule has 0 unspecified atom stereocenters. The maximum absolute atomic E-state index is 13.5. The van der Waals surface area contributed by atoms with Crippen molar-refractivity contribution in [3.63, 3.8) is 0 Å². The Bertz CT molecular complexity index is 569. The Morgan fingerprint density at radius 2 is 2.26 bits per heavy atom. The fourth-order valence-electron chi connectivity index (χ4n) is 2.63. The highest BCUT2D eigenvalue weighted by Crippen LogP contribution is 2.37. The summed E-state index contributed by atoms with van der Waals surface area (Å²) in [6.45, 7) is 2.15. The van der Waals surface area contributed by atoms with Crippen molar-refractivity contribution in [3.05, 3.63) is 22.7 Å². The molecule has 1 aromatic carbocycles. The number of aliphatic hydroxyl groups is 1. The third-order valence-corrected chi connectivity index (χ3v) is 4.04. The van der Waals surface area contributed by atoms with E-state index in [-0.39, 0.29) is 36.1 Å². The summed E-state index contributed by atoms with van der Waals surface area (Å²) in [6.07, 6.45) is -0.171. The first-order valence-electron chi connectivity index (χ1n) is 7.58. The number of hydrogen-bond donors (Lipinski definition) is 1. The van der Waals surface area contributed by atoms with Gasteiger partial charge in [0.2, 0.25) is 0 Å². The zero-order valence-corrected chi connectivity index (χ0v) is 14.0. The maximum Gasteiger partial charge on any atom is 0.254 e. The summed E-state index contributed by atoms with van der Waals surface area (Å²) in [7, 11) is 1.46. The van der Waals surface area contributed by atoms with Crippen molar-refractivity contribution in [3.8, 4) is 11.5 Å². The predicted molar refractivity (Wildman–Crippen MR) is 85.2 cm³/mol. The van der Waals surface area contributed by atoms with Crippen LogP contribution in [0.15, 0.2) is 12.1 Å². The Morgan fingerprint density at radius 1 is 1.52 bits per heavy atom. The van der Waals surface area contributed by atoms with Crippen molar-refractivity contribution >= 4 is 17.5 Å². The fourth-order valence-corrected chi connectivity index (χ4v) is 2.90. The summed E-state index contributed by atoms with van der Waals surface area (Å²) in [5, 5.41) is 9.58. The van der Waals surface area contributed by atoms with E-state index in [1.807, 2.05) is 6.92 Å². The minimum Gasteiger partial charge on any atom is -0.493 e. The van der Waals surface area contributed by atoms with Crippen LogP contribution in [0.25, 0.3) is 0 Å². The number of likely N-dealkylation sites (tertiary alicyclic amines) is 1. The Balaban J connectivity index is 2.29. The summed E-state index contributed by atoms with van der Waals surface area (Å²) in [5.41, 5.74) is 0.281. The third kappa shape index (κ3) is 3.87. The number of aliphatic hydroxyl groups excluding tert-OH is 1. The van der Waals surface area contributed by atoms with Gasteiger partial charge in [0.15, 0.2) is 11.5 Å². The van der Waals surface area contributed by atoms with Crippen LogP contribution in [0.3, 0.4) is 0 Å². The molecule has 1 aliphatic heterocycles. The highest BCUT2D eigenvalue weighted by molar-refractivity contribution is 6.32. The molecule has 0 bridgehead atoms. The van der Waals surface area contributed by atoms with Crippen molar-refractivity contribution in [1.82, 2.24) is 4.90 Å². The van der Waals surface area contributed by atoms with E-state index >= 15 is 0 Å². The summed E-state index contributed by atoms with van der Waals surface area (Å²) in [6, 6.07) is 2.50. The second-order valence-electron chi connectivity index (χ2n) is 5.46. The van der Waals surface area contributed by atoms with Gasteiger partial charge in [-0.15, -0.1) is 0 Å². The molecule has 0 aromatic heterocycles. The van der Waals surface area contributed by atoms with E-state index in [1.165, 1.54) is 24.1 Å². The van der Waals surface area contributed by atoms with Crippen LogP contribution < -0.4 is 9.47 Å². The van der Waals surface area contributed by atoms with Gasteiger partial charge in [-0.2, -0.15) is 0 Å². The van der Waals surface area contributed by atoms with Crippen LogP contribution in [-0.4, -0.2) is 55.0 Å². The summed E-state index contributed by atoms with van der Waals surface area (Å²) in [4.78, 5) is 13.9. The number of ether oxygens (including phenoxy) is 2. The van der Waals surface area contributed by atoms with Gasteiger partial charge in [-0.05, 0) is 18.6 Å². The molecule has 1 aromatic rings. The number of alkyl halides is 1. The molecule has 1 amide bonds. The van der Waals surface area contributed by atoms with E-state index in [0.29, 0.717) is 18.1 Å². The van der Waals surface area contributed by atoms with E-state index < -0.39 is 12.2 Å². The monoisotopic (exact) mass is 345 g/mol. The molecule has 1 N–H and O–H groups in total. The number of halogens is 2. The largest absolute Gasteiger partial charge is 0.493 e. The van der Waals surface area contributed by atoms with Crippen molar-refractivity contribution in [2.24, 2.45) is 0 Å². The third-order valence-electron chi connectivity index (χ3n) is 3.76. The van der Waals surface area contributed by atoms with Gasteiger partial charge in [0.1, 0.15) is 6.17 Å². The molecule has 128 valence electrons. The lowest BCUT2D eigenvalue weighted by atomic mass is 10.1. The van der Waals surface area contributed by atoms with Gasteiger partial charge >= 0.3 is 0 Å². The Hall–Kier alpha value is -1.53. The van der Waals surface area contributed by atoms with Crippen LogP contribution in [0.5, 0.6) is 11.5 Å². The van der Waals surface area contributed by atoms with E-state index in [4.69, 9.17) is 21.1 Å². The molecule has 5 nitrogen and oxygen atoms in total. The lowest BCUT2D eigenvalue weighted by Gasteiger charge is -2.23. The smallest absolute Gasteiger partial charge is 0.254 e. The average Bonchev–Trinajstić information content (AvgIpc) is 2.93. The van der Waals surface area contributed by atoms with Crippen LogP contribution in [-0.2, 0) is 0 Å². The normalized spacial score (nSPS) is 20.7. The number of amides is 1. The Kier molecular flexibility index (Phi) is 6.07. The molecular weight excluding hydrogens is 325 g/mol. The molecule has 23 heavy (non-hydrogen) atoms. The number of carbonyl (C=O) groups is 1. The quantitative estimate of drug-likeness (QED) is 0.861. The highest BCUT2D eigenvalue weighted by atomic mass is 35.5. The fraction of sp³-hybridized carbons (Fsp3) is 0.562. The number of carbonyl (C=O) groups excluding carboxylic acids is 1. The lowest BCUT2D eigenvalue weighted by Crippen LogP contribution is -2.37.